The van der Waals surface area contributed by atoms with Crippen LogP contribution in [0, 0.1) is 0 Å². The van der Waals surface area contributed by atoms with Gasteiger partial charge < -0.3 is 5.11 Å². The average molecular weight is 190 g/mol. The van der Waals surface area contributed by atoms with Crippen LogP contribution in [-0.4, -0.2) is 11.2 Å². The van der Waals surface area contributed by atoms with Crippen LogP contribution in [0.3, 0.4) is 0 Å². The summed E-state index contributed by atoms with van der Waals surface area (Å²) in [6, 6.07) is 8.46. The Hall–Kier alpha value is -0.820. The Morgan fingerprint density at radius 3 is 2.93 bits per heavy atom. The van der Waals surface area contributed by atoms with Gasteiger partial charge in [-0.15, -0.1) is 0 Å². The van der Waals surface area contributed by atoms with Crippen LogP contribution in [0.25, 0.3) is 0 Å². The third-order valence-corrected chi connectivity index (χ3v) is 3.22. The molecule has 0 amide bonds. The lowest BCUT2D eigenvalue weighted by atomic mass is 9.94. The van der Waals surface area contributed by atoms with Crippen LogP contribution >= 0.6 is 0 Å². The van der Waals surface area contributed by atoms with Gasteiger partial charge in [-0.3, -0.25) is 0 Å². The van der Waals surface area contributed by atoms with E-state index in [0.717, 1.165) is 12.8 Å². The van der Waals surface area contributed by atoms with E-state index in [2.05, 4.69) is 31.2 Å². The summed E-state index contributed by atoms with van der Waals surface area (Å²) in [5.41, 5.74) is 2.73. The highest BCUT2D eigenvalue weighted by atomic mass is 16.3. The maximum Gasteiger partial charge on any atom is 0.0649 e. The van der Waals surface area contributed by atoms with Crippen molar-refractivity contribution in [1.82, 2.24) is 0 Å². The zero-order valence-electron chi connectivity index (χ0n) is 8.74. The zero-order valence-corrected chi connectivity index (χ0v) is 8.74. The number of unbranched alkanes of at least 4 members (excludes halogenated alkanes) is 1. The van der Waals surface area contributed by atoms with Gasteiger partial charge in [-0.2, -0.15) is 0 Å². The molecule has 1 aliphatic carbocycles. The lowest BCUT2D eigenvalue weighted by Gasteiger charge is -2.14. The molecular formula is C13H18O. The molecule has 14 heavy (non-hydrogen) atoms. The lowest BCUT2D eigenvalue weighted by molar-refractivity contribution is 0.151. The summed E-state index contributed by atoms with van der Waals surface area (Å²) in [5, 5.41) is 9.94. The van der Waals surface area contributed by atoms with E-state index in [0.29, 0.717) is 5.92 Å². The SMILES string of the molecule is CCCCC1c2ccccc2CC1O. The van der Waals surface area contributed by atoms with E-state index >= 15 is 0 Å². The molecule has 2 unspecified atom stereocenters. The number of benzene rings is 1. The van der Waals surface area contributed by atoms with E-state index in [-0.39, 0.29) is 6.10 Å². The number of aliphatic hydroxyl groups is 1. The van der Waals surface area contributed by atoms with Gasteiger partial charge in [0.2, 0.25) is 0 Å². The van der Waals surface area contributed by atoms with Crippen LogP contribution in [0.5, 0.6) is 0 Å². The Bertz CT molecular complexity index is 306. The van der Waals surface area contributed by atoms with Crippen LogP contribution < -0.4 is 0 Å². The monoisotopic (exact) mass is 190 g/mol. The highest BCUT2D eigenvalue weighted by Crippen LogP contribution is 2.36. The first-order valence-electron chi connectivity index (χ1n) is 5.58. The van der Waals surface area contributed by atoms with Crippen LogP contribution in [0.1, 0.15) is 43.2 Å². The summed E-state index contributed by atoms with van der Waals surface area (Å²) in [4.78, 5) is 0. The average Bonchev–Trinajstić information content (AvgIpc) is 2.51. The van der Waals surface area contributed by atoms with Gasteiger partial charge in [-0.1, -0.05) is 44.0 Å². The van der Waals surface area contributed by atoms with Crippen LogP contribution in [0.15, 0.2) is 24.3 Å². The Morgan fingerprint density at radius 1 is 1.36 bits per heavy atom. The Labute approximate surface area is 85.8 Å². The van der Waals surface area contributed by atoms with Gasteiger partial charge in [0.15, 0.2) is 0 Å². The fraction of sp³-hybridized carbons (Fsp3) is 0.538. The van der Waals surface area contributed by atoms with Gasteiger partial charge in [0.1, 0.15) is 0 Å². The molecule has 1 aliphatic rings. The lowest BCUT2D eigenvalue weighted by Crippen LogP contribution is -2.12. The molecule has 0 fully saturated rings. The topological polar surface area (TPSA) is 20.2 Å². The molecule has 1 heteroatoms. The maximum atomic E-state index is 9.94. The number of fused-ring (bicyclic) bond motifs is 1. The fourth-order valence-electron chi connectivity index (χ4n) is 2.43. The number of hydrogen-bond donors (Lipinski definition) is 1. The van der Waals surface area contributed by atoms with E-state index < -0.39 is 0 Å². The van der Waals surface area contributed by atoms with Crippen LogP contribution in [0.4, 0.5) is 0 Å². The molecule has 0 aromatic heterocycles. The van der Waals surface area contributed by atoms with Crippen molar-refractivity contribution in [2.24, 2.45) is 0 Å². The highest BCUT2D eigenvalue weighted by Gasteiger charge is 2.29. The summed E-state index contributed by atoms with van der Waals surface area (Å²) in [6.07, 6.45) is 4.28. The molecule has 2 rings (SSSR count). The summed E-state index contributed by atoms with van der Waals surface area (Å²) >= 11 is 0. The molecule has 76 valence electrons. The fourth-order valence-corrected chi connectivity index (χ4v) is 2.43. The minimum atomic E-state index is -0.140. The molecule has 0 saturated heterocycles. The second-order valence-electron chi connectivity index (χ2n) is 4.22. The van der Waals surface area contributed by atoms with E-state index in [1.807, 2.05) is 0 Å². The van der Waals surface area contributed by atoms with Gasteiger partial charge in [-0.25, -0.2) is 0 Å². The first-order valence-corrected chi connectivity index (χ1v) is 5.58. The van der Waals surface area contributed by atoms with Gasteiger partial charge in [0.05, 0.1) is 6.10 Å². The van der Waals surface area contributed by atoms with E-state index in [9.17, 15) is 5.11 Å². The largest absolute Gasteiger partial charge is 0.392 e. The predicted octanol–water partition coefficient (Wildman–Crippen LogP) is 2.88. The standard InChI is InChI=1S/C13H18O/c1-2-3-7-12-11-8-5-4-6-10(11)9-13(12)14/h4-6,8,12-14H,2-3,7,9H2,1H3. The molecule has 0 heterocycles. The number of hydrogen-bond acceptors (Lipinski definition) is 1. The van der Waals surface area contributed by atoms with E-state index in [1.165, 1.54) is 24.0 Å². The second kappa shape index (κ2) is 4.14. The van der Waals surface area contributed by atoms with Crippen molar-refractivity contribution in [3.05, 3.63) is 35.4 Å². The van der Waals surface area contributed by atoms with Crippen molar-refractivity contribution in [2.45, 2.75) is 44.6 Å². The molecule has 1 nitrogen and oxygen atoms in total. The Morgan fingerprint density at radius 2 is 2.14 bits per heavy atom. The van der Waals surface area contributed by atoms with Crippen molar-refractivity contribution in [2.75, 3.05) is 0 Å². The highest BCUT2D eigenvalue weighted by molar-refractivity contribution is 5.36. The van der Waals surface area contributed by atoms with Crippen LogP contribution in [0.2, 0.25) is 0 Å². The third kappa shape index (κ3) is 1.69. The maximum absolute atomic E-state index is 9.94. The minimum absolute atomic E-state index is 0.140. The summed E-state index contributed by atoms with van der Waals surface area (Å²) < 4.78 is 0. The number of aliphatic hydroxyl groups excluding tert-OH is 1. The van der Waals surface area contributed by atoms with Crippen molar-refractivity contribution in [3.8, 4) is 0 Å². The Balaban J connectivity index is 2.17. The molecule has 1 aromatic rings. The summed E-state index contributed by atoms with van der Waals surface area (Å²) in [7, 11) is 0. The smallest absolute Gasteiger partial charge is 0.0649 e. The van der Waals surface area contributed by atoms with Gasteiger partial charge in [0, 0.05) is 5.92 Å². The van der Waals surface area contributed by atoms with Crippen molar-refractivity contribution in [1.29, 1.82) is 0 Å². The van der Waals surface area contributed by atoms with Gasteiger partial charge >= 0.3 is 0 Å². The quantitative estimate of drug-likeness (QED) is 0.777. The molecule has 2 atom stereocenters. The Kier molecular flexibility index (Phi) is 2.87. The second-order valence-corrected chi connectivity index (χ2v) is 4.22. The zero-order chi connectivity index (χ0) is 9.97. The van der Waals surface area contributed by atoms with Crippen molar-refractivity contribution >= 4 is 0 Å². The third-order valence-electron chi connectivity index (χ3n) is 3.22. The van der Waals surface area contributed by atoms with E-state index in [1.54, 1.807) is 0 Å². The van der Waals surface area contributed by atoms with E-state index in [4.69, 9.17) is 0 Å². The molecule has 0 radical (unpaired) electrons. The number of rotatable bonds is 3. The first-order chi connectivity index (χ1) is 6.83. The van der Waals surface area contributed by atoms with Crippen molar-refractivity contribution < 1.29 is 5.11 Å². The first kappa shape index (κ1) is 9.72. The molecular weight excluding hydrogens is 172 g/mol. The van der Waals surface area contributed by atoms with Crippen molar-refractivity contribution in [3.63, 3.8) is 0 Å². The molecule has 1 aromatic carbocycles. The predicted molar refractivity (Wildman–Crippen MR) is 58.4 cm³/mol. The summed E-state index contributed by atoms with van der Waals surface area (Å²) in [5.74, 6) is 0.395. The molecule has 1 N–H and O–H groups in total. The molecule has 0 spiro atoms. The molecule has 0 aliphatic heterocycles. The summed E-state index contributed by atoms with van der Waals surface area (Å²) in [6.45, 7) is 2.20. The normalized spacial score (nSPS) is 25.0. The van der Waals surface area contributed by atoms with Gasteiger partial charge in [-0.05, 0) is 24.0 Å². The van der Waals surface area contributed by atoms with Gasteiger partial charge in [0.25, 0.3) is 0 Å². The van der Waals surface area contributed by atoms with Crippen LogP contribution in [-0.2, 0) is 6.42 Å². The minimum Gasteiger partial charge on any atom is -0.392 e. The molecule has 0 bridgehead atoms. The molecule has 0 saturated carbocycles.